The average molecular weight is 248 g/mol. The first-order valence-corrected chi connectivity index (χ1v) is 5.89. The van der Waals surface area contributed by atoms with E-state index in [2.05, 4.69) is 4.98 Å². The second-order valence-electron chi connectivity index (χ2n) is 4.29. The van der Waals surface area contributed by atoms with Crippen molar-refractivity contribution < 1.29 is 9.13 Å². The molecule has 3 rings (SSSR count). The van der Waals surface area contributed by atoms with Gasteiger partial charge in [-0.05, 0) is 12.1 Å². The van der Waals surface area contributed by atoms with E-state index in [1.165, 1.54) is 12.1 Å². The van der Waals surface area contributed by atoms with Crippen LogP contribution in [0.15, 0.2) is 29.2 Å². The Morgan fingerprint density at radius 1 is 1.28 bits per heavy atom. The molecule has 0 unspecified atom stereocenters. The molecule has 0 spiro atoms. The standard InChI is InChI=1S/C13H13FN2O2/c14-10-7-9-11(15-2-1-13(9)17)8-12(10)16-3-5-18-6-4-16/h1-2,7-8H,3-6H2,(H,15,17). The van der Waals surface area contributed by atoms with Gasteiger partial charge in [0.1, 0.15) is 5.82 Å². The number of nitrogens with one attached hydrogen (secondary N) is 1. The molecule has 0 saturated carbocycles. The van der Waals surface area contributed by atoms with Crippen LogP contribution in [0.5, 0.6) is 0 Å². The van der Waals surface area contributed by atoms with Crippen molar-refractivity contribution in [2.24, 2.45) is 0 Å². The number of ether oxygens (including phenoxy) is 1. The van der Waals surface area contributed by atoms with E-state index < -0.39 is 0 Å². The summed E-state index contributed by atoms with van der Waals surface area (Å²) in [7, 11) is 0. The molecule has 0 bridgehead atoms. The molecular formula is C13H13FN2O2. The summed E-state index contributed by atoms with van der Waals surface area (Å²) in [5.74, 6) is -0.360. The Morgan fingerprint density at radius 3 is 2.83 bits per heavy atom. The Hall–Kier alpha value is -1.88. The average Bonchev–Trinajstić information content (AvgIpc) is 2.40. The van der Waals surface area contributed by atoms with Crippen molar-refractivity contribution in [1.29, 1.82) is 0 Å². The lowest BCUT2D eigenvalue weighted by Crippen LogP contribution is -2.36. The molecule has 1 N–H and O–H groups in total. The first-order chi connectivity index (χ1) is 8.75. The second kappa shape index (κ2) is 4.42. The molecule has 0 atom stereocenters. The lowest BCUT2D eigenvalue weighted by molar-refractivity contribution is 0.122. The van der Waals surface area contributed by atoms with Crippen molar-refractivity contribution in [3.05, 3.63) is 40.4 Å². The first-order valence-electron chi connectivity index (χ1n) is 5.89. The summed E-state index contributed by atoms with van der Waals surface area (Å²) in [5.41, 5.74) is 1.01. The van der Waals surface area contributed by atoms with Gasteiger partial charge in [-0.15, -0.1) is 0 Å². The monoisotopic (exact) mass is 248 g/mol. The number of benzene rings is 1. The predicted octanol–water partition coefficient (Wildman–Crippen LogP) is 1.50. The Balaban J connectivity index is 2.12. The van der Waals surface area contributed by atoms with E-state index in [0.29, 0.717) is 42.9 Å². The normalized spacial score (nSPS) is 16.2. The Morgan fingerprint density at radius 2 is 2.06 bits per heavy atom. The topological polar surface area (TPSA) is 45.3 Å². The highest BCUT2D eigenvalue weighted by Crippen LogP contribution is 2.24. The zero-order valence-corrected chi connectivity index (χ0v) is 9.78. The van der Waals surface area contributed by atoms with Crippen LogP contribution in [0.1, 0.15) is 0 Å². The van der Waals surface area contributed by atoms with E-state index in [1.54, 1.807) is 12.3 Å². The third-order valence-corrected chi connectivity index (χ3v) is 3.18. The quantitative estimate of drug-likeness (QED) is 0.832. The number of aromatic amines is 1. The lowest BCUT2D eigenvalue weighted by atomic mass is 10.1. The fraction of sp³-hybridized carbons (Fsp3) is 0.308. The highest BCUT2D eigenvalue weighted by Gasteiger charge is 2.16. The van der Waals surface area contributed by atoms with Gasteiger partial charge in [0.25, 0.3) is 0 Å². The number of hydrogen-bond acceptors (Lipinski definition) is 3. The second-order valence-corrected chi connectivity index (χ2v) is 4.29. The van der Waals surface area contributed by atoms with Crippen LogP contribution < -0.4 is 10.3 Å². The zero-order valence-electron chi connectivity index (χ0n) is 9.78. The van der Waals surface area contributed by atoms with Gasteiger partial charge in [-0.3, -0.25) is 4.79 Å². The van der Waals surface area contributed by atoms with Crippen LogP contribution in [0, 0.1) is 5.82 Å². The molecule has 18 heavy (non-hydrogen) atoms. The van der Waals surface area contributed by atoms with E-state index in [-0.39, 0.29) is 11.2 Å². The Kier molecular flexibility index (Phi) is 2.76. The van der Waals surface area contributed by atoms with Crippen LogP contribution in [-0.2, 0) is 4.74 Å². The van der Waals surface area contributed by atoms with Crippen molar-refractivity contribution in [3.63, 3.8) is 0 Å². The first kappa shape index (κ1) is 11.2. The summed E-state index contributed by atoms with van der Waals surface area (Å²) in [5, 5.41) is 0.381. The van der Waals surface area contributed by atoms with Crippen molar-refractivity contribution in [2.75, 3.05) is 31.2 Å². The molecule has 4 nitrogen and oxygen atoms in total. The molecule has 2 aromatic rings. The fourth-order valence-electron chi connectivity index (χ4n) is 2.23. The summed E-state index contributed by atoms with van der Waals surface area (Å²) in [6.45, 7) is 2.53. The van der Waals surface area contributed by atoms with Gasteiger partial charge in [0.2, 0.25) is 0 Å². The number of fused-ring (bicyclic) bond motifs is 1. The van der Waals surface area contributed by atoms with Gasteiger partial charge in [0.15, 0.2) is 5.43 Å². The number of H-pyrrole nitrogens is 1. The number of halogens is 1. The molecular weight excluding hydrogens is 235 g/mol. The molecule has 2 heterocycles. The van der Waals surface area contributed by atoms with Gasteiger partial charge in [-0.1, -0.05) is 0 Å². The van der Waals surface area contributed by atoms with Crippen molar-refractivity contribution >= 4 is 16.6 Å². The smallest absolute Gasteiger partial charge is 0.189 e. The highest BCUT2D eigenvalue weighted by atomic mass is 19.1. The third kappa shape index (κ3) is 1.86. The van der Waals surface area contributed by atoms with Crippen LogP contribution in [-0.4, -0.2) is 31.3 Å². The summed E-state index contributed by atoms with van der Waals surface area (Å²) in [6, 6.07) is 4.40. The minimum atomic E-state index is -0.360. The minimum absolute atomic E-state index is 0.170. The molecule has 0 radical (unpaired) electrons. The number of nitrogens with zero attached hydrogens (tertiary/aromatic N) is 1. The van der Waals surface area contributed by atoms with Gasteiger partial charge >= 0.3 is 0 Å². The van der Waals surface area contributed by atoms with E-state index in [1.807, 2.05) is 4.90 Å². The predicted molar refractivity (Wildman–Crippen MR) is 67.6 cm³/mol. The fourth-order valence-corrected chi connectivity index (χ4v) is 2.23. The number of hydrogen-bond donors (Lipinski definition) is 1. The van der Waals surface area contributed by atoms with Crippen LogP contribution in [0.4, 0.5) is 10.1 Å². The van der Waals surface area contributed by atoms with Crippen LogP contribution in [0.3, 0.4) is 0 Å². The van der Waals surface area contributed by atoms with Gasteiger partial charge in [0, 0.05) is 30.7 Å². The van der Waals surface area contributed by atoms with Crippen molar-refractivity contribution in [2.45, 2.75) is 0 Å². The molecule has 1 fully saturated rings. The van der Waals surface area contributed by atoms with Gasteiger partial charge in [-0.2, -0.15) is 0 Å². The summed E-state index contributed by atoms with van der Waals surface area (Å²) in [6.07, 6.45) is 1.58. The maximum absolute atomic E-state index is 14.0. The van der Waals surface area contributed by atoms with Crippen LogP contribution >= 0.6 is 0 Å². The summed E-state index contributed by atoms with van der Waals surface area (Å²) >= 11 is 0. The maximum Gasteiger partial charge on any atom is 0.189 e. The minimum Gasteiger partial charge on any atom is -0.378 e. The van der Waals surface area contributed by atoms with Gasteiger partial charge < -0.3 is 14.6 Å². The SMILES string of the molecule is O=c1cc[nH]c2cc(N3CCOCC3)c(F)cc12. The molecule has 0 aliphatic carbocycles. The third-order valence-electron chi connectivity index (χ3n) is 3.18. The van der Waals surface area contributed by atoms with Gasteiger partial charge in [0.05, 0.1) is 24.4 Å². The summed E-state index contributed by atoms with van der Waals surface area (Å²) < 4.78 is 19.3. The number of morpholine rings is 1. The molecule has 0 amide bonds. The molecule has 1 saturated heterocycles. The Labute approximate surface area is 103 Å². The van der Waals surface area contributed by atoms with Crippen LogP contribution in [0.25, 0.3) is 10.9 Å². The molecule has 94 valence electrons. The van der Waals surface area contributed by atoms with Crippen molar-refractivity contribution in [3.8, 4) is 0 Å². The van der Waals surface area contributed by atoms with E-state index in [0.717, 1.165) is 0 Å². The van der Waals surface area contributed by atoms with E-state index in [4.69, 9.17) is 4.74 Å². The zero-order chi connectivity index (χ0) is 12.5. The number of pyridine rings is 1. The Bertz CT molecular complexity index is 632. The summed E-state index contributed by atoms with van der Waals surface area (Å²) in [4.78, 5) is 16.5. The number of rotatable bonds is 1. The van der Waals surface area contributed by atoms with E-state index >= 15 is 0 Å². The molecule has 1 aromatic carbocycles. The maximum atomic E-state index is 14.0. The van der Waals surface area contributed by atoms with Crippen LogP contribution in [0.2, 0.25) is 0 Å². The highest BCUT2D eigenvalue weighted by molar-refractivity contribution is 5.82. The lowest BCUT2D eigenvalue weighted by Gasteiger charge is -2.29. The molecule has 1 aromatic heterocycles. The molecule has 1 aliphatic heterocycles. The largest absolute Gasteiger partial charge is 0.378 e. The number of anilines is 1. The molecule has 1 aliphatic rings. The number of aromatic nitrogens is 1. The van der Waals surface area contributed by atoms with Gasteiger partial charge in [-0.25, -0.2) is 4.39 Å². The molecule has 5 heteroatoms. The van der Waals surface area contributed by atoms with Crippen molar-refractivity contribution in [1.82, 2.24) is 4.98 Å². The van der Waals surface area contributed by atoms with E-state index in [9.17, 15) is 9.18 Å².